The van der Waals surface area contributed by atoms with Crippen LogP contribution in [0.4, 0.5) is 4.79 Å². The Bertz CT molecular complexity index is 177. The Kier molecular flexibility index (Phi) is 2.17. The van der Waals surface area contributed by atoms with Crippen LogP contribution >= 0.6 is 0 Å². The van der Waals surface area contributed by atoms with Gasteiger partial charge in [-0.1, -0.05) is 0 Å². The number of carbonyl (C=O) groups excluding carboxylic acids is 1. The maximum atomic E-state index is 11.2. The fourth-order valence-corrected chi connectivity index (χ4v) is 1.87. The maximum absolute atomic E-state index is 11.2. The quantitative estimate of drug-likeness (QED) is 0.592. The lowest BCUT2D eigenvalue weighted by Gasteiger charge is -2.17. The first kappa shape index (κ1) is 7.86. The van der Waals surface area contributed by atoms with Crippen molar-refractivity contribution in [2.75, 3.05) is 32.7 Å². The molecule has 12 heavy (non-hydrogen) atoms. The molecule has 0 aromatic heterocycles. The number of hydrogen-bond acceptors (Lipinski definition) is 2. The number of nitrogens with zero attached hydrogens (tertiary/aromatic N) is 1. The molecule has 2 saturated heterocycles. The molecule has 4 heteroatoms. The average molecular weight is 169 g/mol. The third-order valence-electron chi connectivity index (χ3n) is 2.59. The van der Waals surface area contributed by atoms with Gasteiger partial charge in [0, 0.05) is 19.6 Å². The fourth-order valence-electron chi connectivity index (χ4n) is 1.87. The molecule has 2 heterocycles. The Hall–Kier alpha value is -0.770. The maximum Gasteiger partial charge on any atom is 0.317 e. The zero-order valence-corrected chi connectivity index (χ0v) is 7.18. The molecule has 0 radical (unpaired) electrons. The highest BCUT2D eigenvalue weighted by Crippen LogP contribution is 2.10. The minimum Gasteiger partial charge on any atom is -0.336 e. The molecule has 4 nitrogen and oxygen atoms in total. The monoisotopic (exact) mass is 169 g/mol. The molecule has 0 aliphatic carbocycles. The van der Waals surface area contributed by atoms with Crippen molar-refractivity contribution < 1.29 is 4.79 Å². The molecule has 2 amide bonds. The largest absolute Gasteiger partial charge is 0.336 e. The number of urea groups is 1. The molecule has 2 aliphatic rings. The molecule has 2 N–H and O–H groups in total. The Morgan fingerprint density at radius 2 is 2.42 bits per heavy atom. The van der Waals surface area contributed by atoms with Crippen LogP contribution in [0.1, 0.15) is 6.42 Å². The number of nitrogens with one attached hydrogen (secondary N) is 2. The summed E-state index contributed by atoms with van der Waals surface area (Å²) < 4.78 is 0. The highest BCUT2D eigenvalue weighted by Gasteiger charge is 2.24. The summed E-state index contributed by atoms with van der Waals surface area (Å²) in [5.74, 6) is 0.675. The van der Waals surface area contributed by atoms with Crippen molar-refractivity contribution in [1.82, 2.24) is 15.5 Å². The van der Waals surface area contributed by atoms with Gasteiger partial charge in [-0.25, -0.2) is 4.79 Å². The fraction of sp³-hybridized carbons (Fsp3) is 0.875. The van der Waals surface area contributed by atoms with E-state index in [1.165, 1.54) is 6.42 Å². The molecule has 0 saturated carbocycles. The Morgan fingerprint density at radius 1 is 1.50 bits per heavy atom. The summed E-state index contributed by atoms with van der Waals surface area (Å²) in [4.78, 5) is 13.1. The Balaban J connectivity index is 1.81. The van der Waals surface area contributed by atoms with Crippen molar-refractivity contribution >= 4 is 6.03 Å². The third-order valence-corrected chi connectivity index (χ3v) is 2.59. The SMILES string of the molecule is O=C1NCCN1C[C@@H]1CCNC1. The van der Waals surface area contributed by atoms with Crippen molar-refractivity contribution in [3.8, 4) is 0 Å². The Morgan fingerprint density at radius 3 is 3.00 bits per heavy atom. The minimum atomic E-state index is 0.113. The summed E-state index contributed by atoms with van der Waals surface area (Å²) >= 11 is 0. The van der Waals surface area contributed by atoms with Crippen molar-refractivity contribution in [3.05, 3.63) is 0 Å². The second-order valence-corrected chi connectivity index (χ2v) is 3.54. The van der Waals surface area contributed by atoms with E-state index >= 15 is 0 Å². The van der Waals surface area contributed by atoms with Gasteiger partial charge in [-0.15, -0.1) is 0 Å². The first-order valence-electron chi connectivity index (χ1n) is 4.60. The molecular formula is C8H15N3O. The second kappa shape index (κ2) is 3.31. The average Bonchev–Trinajstić information content (AvgIpc) is 2.65. The van der Waals surface area contributed by atoms with E-state index in [0.29, 0.717) is 5.92 Å². The van der Waals surface area contributed by atoms with Gasteiger partial charge in [0.2, 0.25) is 0 Å². The lowest BCUT2D eigenvalue weighted by atomic mass is 10.1. The van der Waals surface area contributed by atoms with Crippen LogP contribution in [0.5, 0.6) is 0 Å². The molecule has 0 aromatic rings. The van der Waals surface area contributed by atoms with Gasteiger partial charge >= 0.3 is 6.03 Å². The van der Waals surface area contributed by atoms with Crippen LogP contribution in [0.15, 0.2) is 0 Å². The first-order chi connectivity index (χ1) is 5.86. The van der Waals surface area contributed by atoms with E-state index in [1.807, 2.05) is 4.90 Å². The van der Waals surface area contributed by atoms with E-state index < -0.39 is 0 Å². The topological polar surface area (TPSA) is 44.4 Å². The molecule has 0 unspecified atom stereocenters. The standard InChI is InChI=1S/C8H15N3O/c12-8-10-3-4-11(8)6-7-1-2-9-5-7/h7,9H,1-6H2,(H,10,12)/t7-/m1/s1. The van der Waals surface area contributed by atoms with Crippen LogP contribution in [0.3, 0.4) is 0 Å². The van der Waals surface area contributed by atoms with Gasteiger partial charge in [0.1, 0.15) is 0 Å². The van der Waals surface area contributed by atoms with Crippen molar-refractivity contribution in [2.24, 2.45) is 5.92 Å². The predicted molar refractivity (Wildman–Crippen MR) is 45.9 cm³/mol. The van der Waals surface area contributed by atoms with Crippen LogP contribution in [0.25, 0.3) is 0 Å². The number of rotatable bonds is 2. The summed E-state index contributed by atoms with van der Waals surface area (Å²) in [6.07, 6.45) is 1.21. The van der Waals surface area contributed by atoms with Gasteiger partial charge in [0.15, 0.2) is 0 Å². The normalized spacial score (nSPS) is 29.5. The van der Waals surface area contributed by atoms with Crippen LogP contribution in [-0.2, 0) is 0 Å². The van der Waals surface area contributed by atoms with Crippen molar-refractivity contribution in [3.63, 3.8) is 0 Å². The zero-order valence-electron chi connectivity index (χ0n) is 7.18. The zero-order chi connectivity index (χ0) is 8.39. The summed E-state index contributed by atoms with van der Waals surface area (Å²) in [6, 6.07) is 0.113. The third kappa shape index (κ3) is 1.53. The molecule has 0 aromatic carbocycles. The molecule has 0 spiro atoms. The number of hydrogen-bond donors (Lipinski definition) is 2. The first-order valence-corrected chi connectivity index (χ1v) is 4.60. The van der Waals surface area contributed by atoms with Gasteiger partial charge in [0.25, 0.3) is 0 Å². The molecule has 2 aliphatic heterocycles. The highest BCUT2D eigenvalue weighted by molar-refractivity contribution is 5.76. The van der Waals surface area contributed by atoms with E-state index in [4.69, 9.17) is 0 Å². The summed E-state index contributed by atoms with van der Waals surface area (Å²) in [5, 5.41) is 6.11. The van der Waals surface area contributed by atoms with Gasteiger partial charge < -0.3 is 15.5 Å². The predicted octanol–water partition coefficient (Wildman–Crippen LogP) is -0.379. The lowest BCUT2D eigenvalue weighted by Crippen LogP contribution is -2.33. The second-order valence-electron chi connectivity index (χ2n) is 3.54. The van der Waals surface area contributed by atoms with E-state index in [2.05, 4.69) is 10.6 Å². The van der Waals surface area contributed by atoms with Crippen molar-refractivity contribution in [2.45, 2.75) is 6.42 Å². The highest BCUT2D eigenvalue weighted by atomic mass is 16.2. The Labute approximate surface area is 72.3 Å². The van der Waals surface area contributed by atoms with Gasteiger partial charge in [-0.2, -0.15) is 0 Å². The smallest absolute Gasteiger partial charge is 0.317 e. The van der Waals surface area contributed by atoms with Crippen LogP contribution < -0.4 is 10.6 Å². The summed E-state index contributed by atoms with van der Waals surface area (Å²) in [6.45, 7) is 4.82. The molecule has 2 rings (SSSR count). The lowest BCUT2D eigenvalue weighted by molar-refractivity contribution is 0.210. The van der Waals surface area contributed by atoms with E-state index in [0.717, 1.165) is 32.7 Å². The molecule has 0 bridgehead atoms. The summed E-state index contributed by atoms with van der Waals surface area (Å²) in [7, 11) is 0. The van der Waals surface area contributed by atoms with Crippen molar-refractivity contribution in [1.29, 1.82) is 0 Å². The number of amides is 2. The van der Waals surface area contributed by atoms with E-state index in [1.54, 1.807) is 0 Å². The van der Waals surface area contributed by atoms with Crippen LogP contribution in [0, 0.1) is 5.92 Å². The van der Waals surface area contributed by atoms with Gasteiger partial charge in [-0.3, -0.25) is 0 Å². The molecular weight excluding hydrogens is 154 g/mol. The summed E-state index contributed by atoms with van der Waals surface area (Å²) in [5.41, 5.74) is 0. The number of carbonyl (C=O) groups is 1. The van der Waals surface area contributed by atoms with E-state index in [-0.39, 0.29) is 6.03 Å². The van der Waals surface area contributed by atoms with E-state index in [9.17, 15) is 4.79 Å². The van der Waals surface area contributed by atoms with Gasteiger partial charge in [0.05, 0.1) is 0 Å². The molecule has 68 valence electrons. The minimum absolute atomic E-state index is 0.113. The van der Waals surface area contributed by atoms with Crippen LogP contribution in [0.2, 0.25) is 0 Å². The van der Waals surface area contributed by atoms with Crippen LogP contribution in [-0.4, -0.2) is 43.7 Å². The molecule has 2 fully saturated rings. The van der Waals surface area contributed by atoms with Gasteiger partial charge in [-0.05, 0) is 25.4 Å². The molecule has 1 atom stereocenters.